The van der Waals surface area contributed by atoms with Crippen molar-refractivity contribution < 1.29 is 9.53 Å². The molecule has 25 heavy (non-hydrogen) atoms. The molecule has 2 aromatic heterocycles. The van der Waals surface area contributed by atoms with Crippen molar-refractivity contribution in [2.75, 3.05) is 19.4 Å². The number of nitrogens with two attached hydrogens (primary N) is 1. The molecule has 2 N–H and O–H groups in total. The Labute approximate surface area is 147 Å². The lowest BCUT2D eigenvalue weighted by Gasteiger charge is -2.25. The van der Waals surface area contributed by atoms with Crippen molar-refractivity contribution in [3.05, 3.63) is 35.3 Å². The molecule has 0 bridgehead atoms. The summed E-state index contributed by atoms with van der Waals surface area (Å²) in [5, 5.41) is 12.5. The zero-order chi connectivity index (χ0) is 18.0. The molecule has 1 aliphatic heterocycles. The average Bonchev–Trinajstić information content (AvgIpc) is 3.20. The number of nitrogen functional groups attached to an aromatic ring is 1. The van der Waals surface area contributed by atoms with E-state index in [1.54, 1.807) is 17.9 Å². The second kappa shape index (κ2) is 7.18. The highest BCUT2D eigenvalue weighted by atomic mass is 16.5. The van der Waals surface area contributed by atoms with Gasteiger partial charge < -0.3 is 15.4 Å². The maximum Gasteiger partial charge on any atom is 0.256 e. The lowest BCUT2D eigenvalue weighted by molar-refractivity contribution is 0.0677. The van der Waals surface area contributed by atoms with Crippen LogP contribution in [0, 0.1) is 6.92 Å². The van der Waals surface area contributed by atoms with Crippen LogP contribution in [0.1, 0.15) is 35.1 Å². The summed E-state index contributed by atoms with van der Waals surface area (Å²) in [4.78, 5) is 15.1. The number of nitrogens with zero attached hydrogens (tertiary/aromatic N) is 5. The molecule has 0 radical (unpaired) electrons. The molecule has 1 aliphatic rings. The Kier molecular flexibility index (Phi) is 4.98. The molecule has 0 aliphatic carbocycles. The minimum atomic E-state index is -0.0282. The standard InChI is InChI=1S/C17H24N6O2/c1-4-15-14(7-11(2)19-20-15)17(24)23-10-13(25-3)8-12(23)9-22-6-5-16(18)21-22/h5-7,12-13H,4,8-10H2,1-3H3,(H2,18,21)/t12-,13+/m0/s1. The number of ether oxygens (including phenoxy) is 1. The van der Waals surface area contributed by atoms with Gasteiger partial charge in [-0.2, -0.15) is 15.3 Å². The van der Waals surface area contributed by atoms with Gasteiger partial charge in [-0.25, -0.2) is 0 Å². The molecule has 1 fully saturated rings. The fourth-order valence-electron chi connectivity index (χ4n) is 3.28. The van der Waals surface area contributed by atoms with Crippen LogP contribution in [-0.4, -0.2) is 56.6 Å². The number of rotatable bonds is 5. The van der Waals surface area contributed by atoms with E-state index in [1.807, 2.05) is 31.0 Å². The van der Waals surface area contributed by atoms with Crippen molar-refractivity contribution in [3.8, 4) is 0 Å². The molecule has 8 nitrogen and oxygen atoms in total. The molecular weight excluding hydrogens is 320 g/mol. The van der Waals surface area contributed by atoms with Gasteiger partial charge in [-0.15, -0.1) is 0 Å². The van der Waals surface area contributed by atoms with Gasteiger partial charge in [0.05, 0.1) is 35.6 Å². The Morgan fingerprint density at radius 1 is 1.44 bits per heavy atom. The number of anilines is 1. The van der Waals surface area contributed by atoms with Gasteiger partial charge in [-0.3, -0.25) is 9.48 Å². The van der Waals surface area contributed by atoms with E-state index in [2.05, 4.69) is 15.3 Å². The Bertz CT molecular complexity index is 759. The van der Waals surface area contributed by atoms with Crippen molar-refractivity contribution in [3.63, 3.8) is 0 Å². The van der Waals surface area contributed by atoms with E-state index in [0.29, 0.717) is 30.9 Å². The zero-order valence-electron chi connectivity index (χ0n) is 14.8. The molecule has 8 heteroatoms. The summed E-state index contributed by atoms with van der Waals surface area (Å²) in [6.45, 7) is 4.96. The fraction of sp³-hybridized carbons (Fsp3) is 0.529. The second-order valence-corrected chi connectivity index (χ2v) is 6.37. The smallest absolute Gasteiger partial charge is 0.256 e. The quantitative estimate of drug-likeness (QED) is 0.870. The van der Waals surface area contributed by atoms with Crippen LogP contribution in [0.4, 0.5) is 5.82 Å². The number of likely N-dealkylation sites (tertiary alicyclic amines) is 1. The largest absolute Gasteiger partial charge is 0.382 e. The molecule has 3 heterocycles. The van der Waals surface area contributed by atoms with Gasteiger partial charge in [0.1, 0.15) is 5.82 Å². The van der Waals surface area contributed by atoms with E-state index in [-0.39, 0.29) is 18.1 Å². The Hall–Kier alpha value is -2.48. The number of carbonyl (C=O) groups is 1. The van der Waals surface area contributed by atoms with E-state index >= 15 is 0 Å². The van der Waals surface area contributed by atoms with Gasteiger partial charge in [0.15, 0.2) is 0 Å². The third-order valence-electron chi connectivity index (χ3n) is 4.59. The summed E-state index contributed by atoms with van der Waals surface area (Å²) < 4.78 is 7.28. The SMILES string of the molecule is CCc1nnc(C)cc1C(=O)N1C[C@H](OC)C[C@H]1Cn1ccc(N)n1. The number of amides is 1. The first-order chi connectivity index (χ1) is 12.0. The molecule has 3 rings (SSSR count). The van der Waals surface area contributed by atoms with Crippen LogP contribution < -0.4 is 5.73 Å². The predicted molar refractivity (Wildman–Crippen MR) is 93.0 cm³/mol. The normalized spacial score (nSPS) is 20.2. The molecule has 2 atom stereocenters. The highest BCUT2D eigenvalue weighted by Gasteiger charge is 2.37. The maximum absolute atomic E-state index is 13.2. The van der Waals surface area contributed by atoms with E-state index < -0.39 is 0 Å². The molecule has 0 spiro atoms. The van der Waals surface area contributed by atoms with E-state index in [9.17, 15) is 4.79 Å². The van der Waals surface area contributed by atoms with Gasteiger partial charge >= 0.3 is 0 Å². The second-order valence-electron chi connectivity index (χ2n) is 6.37. The lowest BCUT2D eigenvalue weighted by atomic mass is 10.1. The lowest BCUT2D eigenvalue weighted by Crippen LogP contribution is -2.39. The Morgan fingerprint density at radius 2 is 2.24 bits per heavy atom. The first-order valence-corrected chi connectivity index (χ1v) is 8.47. The van der Waals surface area contributed by atoms with Gasteiger partial charge in [0.2, 0.25) is 0 Å². The van der Waals surface area contributed by atoms with Crippen LogP contribution in [0.2, 0.25) is 0 Å². The third-order valence-corrected chi connectivity index (χ3v) is 4.59. The first-order valence-electron chi connectivity index (χ1n) is 8.47. The predicted octanol–water partition coefficient (Wildman–Crippen LogP) is 1.06. The molecule has 0 unspecified atom stereocenters. The van der Waals surface area contributed by atoms with E-state index in [4.69, 9.17) is 10.5 Å². The highest BCUT2D eigenvalue weighted by molar-refractivity contribution is 5.95. The van der Waals surface area contributed by atoms with Crippen molar-refractivity contribution in [2.24, 2.45) is 0 Å². The molecule has 1 amide bonds. The summed E-state index contributed by atoms with van der Waals surface area (Å²) in [5.74, 6) is 0.445. The number of methoxy groups -OCH3 is 1. The number of carbonyl (C=O) groups excluding carboxylic acids is 1. The van der Waals surface area contributed by atoms with Crippen molar-refractivity contribution in [1.29, 1.82) is 0 Å². The van der Waals surface area contributed by atoms with Crippen LogP contribution in [0.3, 0.4) is 0 Å². The van der Waals surface area contributed by atoms with Crippen LogP contribution in [0.15, 0.2) is 18.3 Å². The van der Waals surface area contributed by atoms with E-state index in [1.165, 1.54) is 0 Å². The first kappa shape index (κ1) is 17.3. The summed E-state index contributed by atoms with van der Waals surface area (Å²) in [7, 11) is 1.68. The maximum atomic E-state index is 13.2. The summed E-state index contributed by atoms with van der Waals surface area (Å²) in [6.07, 6.45) is 3.27. The fourth-order valence-corrected chi connectivity index (χ4v) is 3.28. The van der Waals surface area contributed by atoms with Gasteiger partial charge in [-0.05, 0) is 31.9 Å². The zero-order valence-corrected chi connectivity index (χ0v) is 14.8. The summed E-state index contributed by atoms with van der Waals surface area (Å²) >= 11 is 0. The third kappa shape index (κ3) is 3.63. The molecule has 0 saturated carbocycles. The van der Waals surface area contributed by atoms with E-state index in [0.717, 1.165) is 17.8 Å². The molecule has 2 aromatic rings. The van der Waals surface area contributed by atoms with Crippen LogP contribution >= 0.6 is 0 Å². The monoisotopic (exact) mass is 344 g/mol. The minimum absolute atomic E-state index is 0.00470. The summed E-state index contributed by atoms with van der Waals surface area (Å²) in [5.41, 5.74) is 7.77. The number of hydrogen-bond donors (Lipinski definition) is 1. The molecule has 134 valence electrons. The summed E-state index contributed by atoms with van der Waals surface area (Å²) in [6, 6.07) is 3.56. The van der Waals surface area contributed by atoms with Crippen LogP contribution in [0.5, 0.6) is 0 Å². The minimum Gasteiger partial charge on any atom is -0.382 e. The van der Waals surface area contributed by atoms with Crippen molar-refractivity contribution in [2.45, 2.75) is 45.4 Å². The van der Waals surface area contributed by atoms with Gasteiger partial charge in [-0.1, -0.05) is 6.92 Å². The molecule has 1 saturated heterocycles. The molecular formula is C17H24N6O2. The van der Waals surface area contributed by atoms with Gasteiger partial charge in [0, 0.05) is 19.9 Å². The van der Waals surface area contributed by atoms with Gasteiger partial charge in [0.25, 0.3) is 5.91 Å². The number of hydrogen-bond acceptors (Lipinski definition) is 6. The number of aromatic nitrogens is 4. The Morgan fingerprint density at radius 3 is 2.88 bits per heavy atom. The average molecular weight is 344 g/mol. The van der Waals surface area contributed by atoms with Crippen molar-refractivity contribution in [1.82, 2.24) is 24.9 Å². The number of aryl methyl sites for hydroxylation is 2. The topological polar surface area (TPSA) is 99.2 Å². The molecule has 0 aromatic carbocycles. The van der Waals surface area contributed by atoms with Crippen LogP contribution in [-0.2, 0) is 17.7 Å². The van der Waals surface area contributed by atoms with Crippen molar-refractivity contribution >= 4 is 11.7 Å². The Balaban J connectivity index is 1.86. The highest BCUT2D eigenvalue weighted by Crippen LogP contribution is 2.25. The van der Waals surface area contributed by atoms with Crippen LogP contribution in [0.25, 0.3) is 0 Å².